The van der Waals surface area contributed by atoms with Crippen LogP contribution < -0.4 is 19.5 Å². The Kier molecular flexibility index (Phi) is 11.0. The predicted octanol–water partition coefficient (Wildman–Crippen LogP) is 7.48. The fourth-order valence-corrected chi connectivity index (χ4v) is 5.45. The zero-order valence-electron chi connectivity index (χ0n) is 28.7. The van der Waals surface area contributed by atoms with Gasteiger partial charge in [0.05, 0.1) is 43.7 Å². The van der Waals surface area contributed by atoms with Crippen LogP contribution in [0.4, 0.5) is 10.5 Å². The third kappa shape index (κ3) is 8.43. The van der Waals surface area contributed by atoms with Crippen molar-refractivity contribution in [2.75, 3.05) is 19.5 Å². The van der Waals surface area contributed by atoms with Gasteiger partial charge in [-0.3, -0.25) is 14.5 Å². The van der Waals surface area contributed by atoms with Crippen LogP contribution in [0.3, 0.4) is 0 Å². The van der Waals surface area contributed by atoms with Crippen LogP contribution >= 0.6 is 0 Å². The van der Waals surface area contributed by atoms with Crippen LogP contribution in [0.2, 0.25) is 0 Å². The highest BCUT2D eigenvalue weighted by molar-refractivity contribution is 6.10. The number of carbonyl (C=O) groups excluding carboxylic acids is 2. The summed E-state index contributed by atoms with van der Waals surface area (Å²) in [5, 5.41) is 13.1. The fraction of sp³-hybridized carbons (Fsp3) is 0.342. The van der Waals surface area contributed by atoms with Crippen molar-refractivity contribution in [1.82, 2.24) is 4.90 Å². The number of carbonyl (C=O) groups is 3. The Bertz CT molecular complexity index is 1710. The fourth-order valence-electron chi connectivity index (χ4n) is 5.45. The van der Waals surface area contributed by atoms with Crippen molar-refractivity contribution in [3.63, 3.8) is 0 Å². The number of methoxy groups -OCH3 is 2. The van der Waals surface area contributed by atoms with Gasteiger partial charge in [0.25, 0.3) is 0 Å². The molecule has 0 radical (unpaired) electrons. The van der Waals surface area contributed by atoms with E-state index in [1.807, 2.05) is 56.3 Å². The molecule has 1 heterocycles. The SMILES string of the molecule is COc1ccc(/C=C/C(=O)c2ccc(OC)c3c2OC(C)(C)C=C3)cc1NC(=O)C(C(C)OCc1ccccc1)N(C(=O)O)C(C)(C)C. The van der Waals surface area contributed by atoms with Crippen molar-refractivity contribution >= 4 is 35.6 Å². The van der Waals surface area contributed by atoms with E-state index in [4.69, 9.17) is 18.9 Å². The van der Waals surface area contributed by atoms with Crippen molar-refractivity contribution in [3.05, 3.63) is 95.1 Å². The molecule has 0 fully saturated rings. The topological polar surface area (TPSA) is 124 Å². The molecule has 3 aromatic carbocycles. The quantitative estimate of drug-likeness (QED) is 0.152. The van der Waals surface area contributed by atoms with Crippen molar-refractivity contribution in [3.8, 4) is 17.2 Å². The molecule has 254 valence electrons. The molecule has 0 aliphatic carbocycles. The standard InChI is InChI=1S/C38H44N2O8/c1-24(47-23-26-12-10-9-11-13-26)33(40(36(43)44)37(2,3)4)35(42)39-29-22-25(15-18-32(29)46-8)14-17-30(41)27-16-19-31(45-7)28-20-21-38(5,6)48-34(27)28/h9-22,24,33H,23H2,1-8H3,(H,39,42)(H,43,44)/b17-14+. The van der Waals surface area contributed by atoms with Crippen molar-refractivity contribution in [2.24, 2.45) is 0 Å². The number of nitrogens with zero attached hydrogens (tertiary/aromatic N) is 1. The van der Waals surface area contributed by atoms with Crippen molar-refractivity contribution < 1.29 is 38.4 Å². The number of amides is 2. The Morgan fingerprint density at radius 2 is 1.67 bits per heavy atom. The lowest BCUT2D eigenvalue weighted by Crippen LogP contribution is -2.59. The molecule has 2 N–H and O–H groups in total. The predicted molar refractivity (Wildman–Crippen MR) is 186 cm³/mol. The molecule has 10 nitrogen and oxygen atoms in total. The Balaban J connectivity index is 1.62. The van der Waals surface area contributed by atoms with E-state index >= 15 is 0 Å². The van der Waals surface area contributed by atoms with Crippen LogP contribution in [-0.4, -0.2) is 65.3 Å². The van der Waals surface area contributed by atoms with Gasteiger partial charge in [0, 0.05) is 5.54 Å². The third-order valence-corrected chi connectivity index (χ3v) is 7.84. The molecule has 48 heavy (non-hydrogen) atoms. The van der Waals surface area contributed by atoms with Gasteiger partial charge in [-0.2, -0.15) is 0 Å². The molecule has 2 unspecified atom stereocenters. The van der Waals surface area contributed by atoms with Gasteiger partial charge < -0.3 is 29.4 Å². The highest BCUT2D eigenvalue weighted by atomic mass is 16.5. The Labute approximate surface area is 282 Å². The van der Waals surface area contributed by atoms with E-state index in [-0.39, 0.29) is 12.4 Å². The second-order valence-electron chi connectivity index (χ2n) is 13.0. The summed E-state index contributed by atoms with van der Waals surface area (Å²) in [5.74, 6) is 0.511. The van der Waals surface area contributed by atoms with Crippen LogP contribution in [-0.2, 0) is 16.1 Å². The monoisotopic (exact) mass is 656 g/mol. The molecule has 4 rings (SSSR count). The van der Waals surface area contributed by atoms with Crippen LogP contribution in [0.1, 0.15) is 68.6 Å². The van der Waals surface area contributed by atoms with Gasteiger partial charge in [-0.05, 0) is 95.2 Å². The van der Waals surface area contributed by atoms with Crippen LogP contribution in [0.5, 0.6) is 17.2 Å². The molecule has 3 aromatic rings. The molecule has 0 spiro atoms. The summed E-state index contributed by atoms with van der Waals surface area (Å²) in [5.41, 5.74) is 1.32. The van der Waals surface area contributed by atoms with Crippen LogP contribution in [0.15, 0.2) is 72.8 Å². The lowest BCUT2D eigenvalue weighted by molar-refractivity contribution is -0.129. The first-order chi connectivity index (χ1) is 22.6. The average Bonchev–Trinajstić information content (AvgIpc) is 3.03. The van der Waals surface area contributed by atoms with Crippen LogP contribution in [0.25, 0.3) is 12.2 Å². The lowest BCUT2D eigenvalue weighted by atomic mass is 9.97. The summed E-state index contributed by atoms with van der Waals surface area (Å²) < 4.78 is 23.2. The van der Waals surface area contributed by atoms with E-state index in [0.717, 1.165) is 10.5 Å². The molecule has 1 aliphatic rings. The zero-order chi connectivity index (χ0) is 35.2. The summed E-state index contributed by atoms with van der Waals surface area (Å²) in [4.78, 5) is 41.1. The summed E-state index contributed by atoms with van der Waals surface area (Å²) in [6.07, 6.45) is 4.78. The summed E-state index contributed by atoms with van der Waals surface area (Å²) in [7, 11) is 3.03. The van der Waals surface area contributed by atoms with Gasteiger partial charge >= 0.3 is 6.09 Å². The molecule has 0 saturated heterocycles. The van der Waals surface area contributed by atoms with Gasteiger partial charge in [-0.1, -0.05) is 42.5 Å². The first kappa shape index (κ1) is 35.8. The molecule has 2 atom stereocenters. The molecular formula is C38H44N2O8. The molecule has 1 aliphatic heterocycles. The molecule has 0 bridgehead atoms. The molecular weight excluding hydrogens is 612 g/mol. The maximum absolute atomic E-state index is 14.0. The van der Waals surface area contributed by atoms with Gasteiger partial charge in [-0.25, -0.2) is 4.79 Å². The number of carboxylic acid groups (broad SMARTS) is 1. The first-order valence-corrected chi connectivity index (χ1v) is 15.6. The van der Waals surface area contributed by atoms with Gasteiger partial charge in [-0.15, -0.1) is 0 Å². The molecule has 10 heteroatoms. The summed E-state index contributed by atoms with van der Waals surface area (Å²) >= 11 is 0. The highest BCUT2D eigenvalue weighted by Gasteiger charge is 2.41. The zero-order valence-corrected chi connectivity index (χ0v) is 28.7. The number of fused-ring (bicyclic) bond motifs is 1. The maximum Gasteiger partial charge on any atom is 0.408 e. The lowest BCUT2D eigenvalue weighted by Gasteiger charge is -2.41. The largest absolute Gasteiger partial charge is 0.496 e. The highest BCUT2D eigenvalue weighted by Crippen LogP contribution is 2.40. The maximum atomic E-state index is 14.0. The normalized spacial score (nSPS) is 14.8. The van der Waals surface area contributed by atoms with Crippen molar-refractivity contribution in [2.45, 2.75) is 71.4 Å². The third-order valence-electron chi connectivity index (χ3n) is 7.84. The summed E-state index contributed by atoms with van der Waals surface area (Å²) in [6, 6.07) is 16.7. The van der Waals surface area contributed by atoms with E-state index in [2.05, 4.69) is 5.32 Å². The van der Waals surface area contributed by atoms with Crippen LogP contribution in [0, 0.1) is 0 Å². The number of hydrogen-bond donors (Lipinski definition) is 2. The molecule has 0 saturated carbocycles. The minimum absolute atomic E-state index is 0.192. The number of benzene rings is 3. The first-order valence-electron chi connectivity index (χ1n) is 15.6. The van der Waals surface area contributed by atoms with E-state index in [1.54, 1.807) is 71.2 Å². The van der Waals surface area contributed by atoms with E-state index < -0.39 is 35.3 Å². The number of anilines is 1. The number of allylic oxidation sites excluding steroid dienone is 1. The van der Waals surface area contributed by atoms with E-state index in [1.165, 1.54) is 13.2 Å². The number of rotatable bonds is 12. The number of nitrogens with one attached hydrogen (secondary N) is 1. The number of ether oxygens (including phenoxy) is 4. The molecule has 0 aromatic heterocycles. The Hall–Kier alpha value is -5.09. The minimum Gasteiger partial charge on any atom is -0.496 e. The molecule has 2 amide bonds. The Morgan fingerprint density at radius 3 is 2.29 bits per heavy atom. The minimum atomic E-state index is -1.26. The average molecular weight is 657 g/mol. The second-order valence-corrected chi connectivity index (χ2v) is 13.0. The van der Waals surface area contributed by atoms with E-state index in [9.17, 15) is 19.5 Å². The van der Waals surface area contributed by atoms with Crippen molar-refractivity contribution in [1.29, 1.82) is 0 Å². The smallest absolute Gasteiger partial charge is 0.408 e. The van der Waals surface area contributed by atoms with E-state index in [0.29, 0.717) is 39.6 Å². The van der Waals surface area contributed by atoms with Gasteiger partial charge in [0.1, 0.15) is 28.9 Å². The number of ketones is 1. The number of hydrogen-bond acceptors (Lipinski definition) is 7. The van der Waals surface area contributed by atoms with Gasteiger partial charge in [0.15, 0.2) is 5.78 Å². The second kappa shape index (κ2) is 14.8. The Morgan fingerprint density at radius 1 is 1.00 bits per heavy atom. The summed E-state index contributed by atoms with van der Waals surface area (Å²) in [6.45, 7) is 10.8. The van der Waals surface area contributed by atoms with Gasteiger partial charge in [0.2, 0.25) is 5.91 Å².